The summed E-state index contributed by atoms with van der Waals surface area (Å²) in [5.74, 6) is -0.308. The molecule has 3 rings (SSSR count). The molecule has 17 atom stereocenters. The van der Waals surface area contributed by atoms with Crippen LogP contribution in [-0.2, 0) is 33.2 Å². The van der Waals surface area contributed by atoms with E-state index in [0.717, 1.165) is 51.4 Å². The Morgan fingerprint density at radius 1 is 0.556 bits per heavy atom. The number of carbonyl (C=O) groups is 1. The minimum atomic E-state index is -1.98. The molecule has 0 aromatic heterocycles. The van der Waals surface area contributed by atoms with Crippen molar-refractivity contribution in [1.29, 1.82) is 0 Å². The average Bonchev–Trinajstić information content (AvgIpc) is 3.28. The van der Waals surface area contributed by atoms with Crippen LogP contribution in [0.3, 0.4) is 0 Å². The van der Waals surface area contributed by atoms with Crippen molar-refractivity contribution in [3.8, 4) is 0 Å². The smallest absolute Gasteiger partial charge is 0.220 e. The van der Waals surface area contributed by atoms with Crippen molar-refractivity contribution in [2.75, 3.05) is 26.4 Å². The number of amides is 1. The lowest BCUT2D eigenvalue weighted by molar-refractivity contribution is -0.379. The van der Waals surface area contributed by atoms with Gasteiger partial charge in [0, 0.05) is 6.42 Å². The van der Waals surface area contributed by atoms with Gasteiger partial charge in [0.1, 0.15) is 73.2 Å². The maximum atomic E-state index is 13.0. The van der Waals surface area contributed by atoms with Gasteiger partial charge in [-0.15, -0.1) is 0 Å². The van der Waals surface area contributed by atoms with Gasteiger partial charge in [0.05, 0.1) is 38.6 Å². The number of hydrogen-bond donors (Lipinski definition) is 12. The van der Waals surface area contributed by atoms with Crippen LogP contribution in [0.25, 0.3) is 0 Å². The van der Waals surface area contributed by atoms with Crippen LogP contribution in [0.4, 0.5) is 0 Å². The maximum Gasteiger partial charge on any atom is 0.220 e. The van der Waals surface area contributed by atoms with E-state index in [4.69, 9.17) is 28.4 Å². The van der Waals surface area contributed by atoms with E-state index in [1.54, 1.807) is 12.2 Å². The van der Waals surface area contributed by atoms with Crippen LogP contribution >= 0.6 is 0 Å². The summed E-state index contributed by atoms with van der Waals surface area (Å²) < 4.78 is 33.9. The van der Waals surface area contributed by atoms with Crippen LogP contribution in [-0.4, -0.2) is 193 Å². The minimum absolute atomic E-state index is 0.226. The van der Waals surface area contributed by atoms with Gasteiger partial charge in [-0.05, 0) is 44.9 Å². The van der Waals surface area contributed by atoms with Crippen LogP contribution in [0.5, 0.6) is 0 Å². The van der Waals surface area contributed by atoms with Gasteiger partial charge in [-0.1, -0.05) is 88.8 Å². The quantitative estimate of drug-likeness (QED) is 0.0332. The lowest BCUT2D eigenvalue weighted by Gasteiger charge is -2.48. The molecule has 19 nitrogen and oxygen atoms in total. The molecule has 366 valence electrons. The molecule has 0 radical (unpaired) electrons. The van der Waals surface area contributed by atoms with Gasteiger partial charge in [-0.25, -0.2) is 0 Å². The average molecular weight is 908 g/mol. The van der Waals surface area contributed by atoms with Crippen LogP contribution in [0.15, 0.2) is 36.5 Å². The van der Waals surface area contributed by atoms with E-state index in [1.165, 1.54) is 19.3 Å². The van der Waals surface area contributed by atoms with Gasteiger partial charge in [-0.3, -0.25) is 4.79 Å². The number of nitrogens with one attached hydrogen (secondary N) is 1. The Hall–Kier alpha value is -1.99. The second kappa shape index (κ2) is 30.3. The number of allylic oxidation sites excluding steroid dienone is 5. The highest BCUT2D eigenvalue weighted by molar-refractivity contribution is 5.76. The zero-order chi connectivity index (χ0) is 46.3. The van der Waals surface area contributed by atoms with Crippen LogP contribution in [0.2, 0.25) is 0 Å². The minimum Gasteiger partial charge on any atom is -0.394 e. The summed E-state index contributed by atoms with van der Waals surface area (Å²) in [6, 6.07) is -0.987. The van der Waals surface area contributed by atoms with E-state index in [0.29, 0.717) is 12.8 Å². The molecule has 12 N–H and O–H groups in total. The van der Waals surface area contributed by atoms with E-state index in [2.05, 4.69) is 43.5 Å². The predicted molar refractivity (Wildman–Crippen MR) is 226 cm³/mol. The second-order valence-corrected chi connectivity index (χ2v) is 16.5. The number of aliphatic hydroxyl groups excluding tert-OH is 11. The van der Waals surface area contributed by atoms with E-state index < -0.39 is 124 Å². The molecule has 17 unspecified atom stereocenters. The van der Waals surface area contributed by atoms with Crippen molar-refractivity contribution in [3.63, 3.8) is 0 Å². The molecule has 63 heavy (non-hydrogen) atoms. The SMILES string of the molecule is CCCCC/C=C/CC/C=C/CC/C=C/C(O)C(COC1OC(CO)C(OC2OC(CO)C(OC3OC(CO)C(O)C(O)C3O)C(O)C2O)C(O)C1O)NC(=O)CCCCCCC. The van der Waals surface area contributed by atoms with Crippen molar-refractivity contribution in [3.05, 3.63) is 36.5 Å². The number of ether oxygens (including phenoxy) is 6. The summed E-state index contributed by atoms with van der Waals surface area (Å²) in [4.78, 5) is 13.0. The highest BCUT2D eigenvalue weighted by Crippen LogP contribution is 2.33. The molecule has 0 saturated carbocycles. The van der Waals surface area contributed by atoms with E-state index in [-0.39, 0.29) is 18.9 Å². The Labute approximate surface area is 370 Å². The third kappa shape index (κ3) is 17.6. The molecule has 3 saturated heterocycles. The fraction of sp³-hybridized carbons (Fsp3) is 0.841. The summed E-state index contributed by atoms with van der Waals surface area (Å²) in [5, 5.41) is 119. The van der Waals surface area contributed by atoms with Crippen molar-refractivity contribution in [2.24, 2.45) is 0 Å². The summed E-state index contributed by atoms with van der Waals surface area (Å²) in [5.41, 5.74) is 0. The summed E-state index contributed by atoms with van der Waals surface area (Å²) in [6.45, 7) is 1.48. The van der Waals surface area contributed by atoms with Gasteiger partial charge < -0.3 is 89.9 Å². The largest absolute Gasteiger partial charge is 0.394 e. The van der Waals surface area contributed by atoms with Crippen molar-refractivity contribution in [2.45, 2.75) is 208 Å². The highest BCUT2D eigenvalue weighted by atomic mass is 16.8. The van der Waals surface area contributed by atoms with Gasteiger partial charge in [-0.2, -0.15) is 0 Å². The molecular weight excluding hydrogens is 830 g/mol. The molecule has 3 aliphatic rings. The molecule has 3 heterocycles. The highest BCUT2D eigenvalue weighted by Gasteiger charge is 2.53. The molecular formula is C44H77NO18. The lowest BCUT2D eigenvalue weighted by atomic mass is 9.96. The lowest BCUT2D eigenvalue weighted by Crippen LogP contribution is -2.66. The number of carbonyl (C=O) groups excluding carboxylic acids is 1. The van der Waals surface area contributed by atoms with Gasteiger partial charge >= 0.3 is 0 Å². The second-order valence-electron chi connectivity index (χ2n) is 16.5. The monoisotopic (exact) mass is 908 g/mol. The number of hydrogen-bond acceptors (Lipinski definition) is 18. The Kier molecular flexibility index (Phi) is 26.6. The first-order valence-electron chi connectivity index (χ1n) is 22.7. The summed E-state index contributed by atoms with van der Waals surface area (Å²) in [7, 11) is 0. The van der Waals surface area contributed by atoms with Gasteiger partial charge in [0.2, 0.25) is 5.91 Å². The molecule has 0 aliphatic carbocycles. The Morgan fingerprint density at radius 3 is 1.57 bits per heavy atom. The Morgan fingerprint density at radius 2 is 1.02 bits per heavy atom. The molecule has 0 aromatic rings. The van der Waals surface area contributed by atoms with Crippen LogP contribution in [0.1, 0.15) is 104 Å². The van der Waals surface area contributed by atoms with Crippen molar-refractivity contribution >= 4 is 5.91 Å². The Balaban J connectivity index is 1.60. The summed E-state index contributed by atoms with van der Waals surface area (Å²) in [6.07, 6.45) is -1.95. The third-order valence-electron chi connectivity index (χ3n) is 11.4. The standard InChI is InChI=1S/C44H77NO18/c1-3-5-7-9-10-11-12-13-14-15-16-18-19-21-28(49)27(45-32(50)22-20-17-8-6-4-2)26-58-42-38(56)35(53)40(30(24-47)60-42)63-44-39(57)36(54)41(31(25-48)61-44)62-43-37(55)34(52)33(51)29(23-46)59-43/h10-11,14-15,19,21,27-31,33-44,46-49,51-57H,3-9,12-13,16-18,20,22-26H2,1-2H3,(H,45,50)/b11-10+,15-14+,21-19+. The fourth-order valence-corrected chi connectivity index (χ4v) is 7.51. The Bertz CT molecular complexity index is 1320. The zero-order valence-electron chi connectivity index (χ0n) is 36.8. The maximum absolute atomic E-state index is 13.0. The molecule has 3 aliphatic heterocycles. The molecule has 0 aromatic carbocycles. The van der Waals surface area contributed by atoms with Gasteiger partial charge in [0.25, 0.3) is 0 Å². The number of aliphatic hydroxyl groups is 11. The number of rotatable bonds is 29. The first-order chi connectivity index (χ1) is 30.3. The fourth-order valence-electron chi connectivity index (χ4n) is 7.51. The normalized spacial score (nSPS) is 35.2. The van der Waals surface area contributed by atoms with E-state index >= 15 is 0 Å². The van der Waals surface area contributed by atoms with Crippen LogP contribution in [0, 0.1) is 0 Å². The summed E-state index contributed by atoms with van der Waals surface area (Å²) >= 11 is 0. The predicted octanol–water partition coefficient (Wildman–Crippen LogP) is -0.533. The molecule has 3 fully saturated rings. The topological polar surface area (TPSA) is 307 Å². The zero-order valence-corrected chi connectivity index (χ0v) is 36.8. The van der Waals surface area contributed by atoms with Crippen molar-refractivity contribution < 1.29 is 89.4 Å². The first kappa shape index (κ1) is 55.3. The first-order valence-corrected chi connectivity index (χ1v) is 22.7. The molecule has 1 amide bonds. The van der Waals surface area contributed by atoms with Crippen LogP contribution < -0.4 is 5.32 Å². The molecule has 19 heteroatoms. The van der Waals surface area contributed by atoms with E-state index in [9.17, 15) is 61.0 Å². The van der Waals surface area contributed by atoms with Crippen molar-refractivity contribution in [1.82, 2.24) is 5.32 Å². The molecule has 0 bridgehead atoms. The van der Waals surface area contributed by atoms with E-state index in [1.807, 2.05) is 0 Å². The molecule has 0 spiro atoms. The number of unbranched alkanes of at least 4 members (excludes halogenated alkanes) is 9. The third-order valence-corrected chi connectivity index (χ3v) is 11.4. The van der Waals surface area contributed by atoms with Gasteiger partial charge in [0.15, 0.2) is 18.9 Å².